The van der Waals surface area contributed by atoms with Crippen LogP contribution in [0.1, 0.15) is 6.42 Å². The Kier molecular flexibility index (Phi) is 7.83. The van der Waals surface area contributed by atoms with Crippen molar-refractivity contribution in [1.82, 2.24) is 0 Å². The smallest absolute Gasteiger partial charge is 0.478 e. The van der Waals surface area contributed by atoms with Gasteiger partial charge in [-0.1, -0.05) is 0 Å². The molecule has 6 N–H and O–H groups in total. The summed E-state index contributed by atoms with van der Waals surface area (Å²) in [5.74, 6) is -4.44. The van der Waals surface area contributed by atoms with Gasteiger partial charge in [0, 0.05) is 0 Å². The molecule has 0 saturated heterocycles. The molecule has 0 aromatic carbocycles. The minimum atomic E-state index is -5.05. The predicted molar refractivity (Wildman–Crippen MR) is 50.1 cm³/mol. The Hall–Kier alpha value is -1.13. The van der Waals surface area contributed by atoms with E-state index in [0.29, 0.717) is 0 Å². The fourth-order valence-corrected chi connectivity index (χ4v) is 1.46. The van der Waals surface area contributed by atoms with Gasteiger partial charge in [0.2, 0.25) is 0 Å². The summed E-state index contributed by atoms with van der Waals surface area (Å²) in [7, 11) is -10.1. The van der Waals surface area contributed by atoms with E-state index in [1.54, 1.807) is 0 Å². The number of aliphatic carboxylic acids is 2. The number of ketones is 1. The van der Waals surface area contributed by atoms with Gasteiger partial charge in [0.1, 0.15) is 6.42 Å². The second kappa shape index (κ2) is 7.34. The molecule has 0 unspecified atom stereocenters. The van der Waals surface area contributed by atoms with Gasteiger partial charge in [-0.15, -0.1) is 0 Å². The molecule has 0 aliphatic rings. The normalized spacial score (nSPS) is 11.1. The summed E-state index contributed by atoms with van der Waals surface area (Å²) in [6.45, 7) is 0. The molecular weight excluding hydrogens is 302 g/mol. The van der Waals surface area contributed by atoms with Crippen molar-refractivity contribution in [2.24, 2.45) is 0 Å². The zero-order valence-electron chi connectivity index (χ0n) is 8.23. The molecule has 0 saturated carbocycles. The van der Waals surface area contributed by atoms with Crippen LogP contribution in [0.15, 0.2) is 0 Å². The lowest BCUT2D eigenvalue weighted by Gasteiger charge is -2.03. The molecule has 0 atom stereocenters. The van der Waals surface area contributed by atoms with E-state index in [1.165, 1.54) is 0 Å². The summed E-state index contributed by atoms with van der Waals surface area (Å²) in [5, 5.41) is 15.7. The van der Waals surface area contributed by atoms with Gasteiger partial charge in [0.25, 0.3) is 5.78 Å². The third kappa shape index (κ3) is 17.3. The molecular formula is C4H8O12P2. The lowest BCUT2D eigenvalue weighted by Crippen LogP contribution is -2.16. The average molecular weight is 310 g/mol. The quantitative estimate of drug-likeness (QED) is 0.190. The number of carbonyl (C=O) groups is 3. The fraction of sp³-hybridized carbons (Fsp3) is 0.250. The number of carboxylic acid groups (broad SMARTS) is 2. The highest BCUT2D eigenvalue weighted by Gasteiger charge is 2.27. The number of phosphoric acid groups is 2. The topological polar surface area (TPSA) is 216 Å². The highest BCUT2D eigenvalue weighted by Crippen LogP contribution is 2.53. The molecule has 106 valence electrons. The summed E-state index contributed by atoms with van der Waals surface area (Å²) in [4.78, 5) is 60.2. The average Bonchev–Trinajstić information content (AvgIpc) is 1.95. The van der Waals surface area contributed by atoms with Crippen molar-refractivity contribution in [2.45, 2.75) is 6.42 Å². The molecule has 14 heteroatoms. The van der Waals surface area contributed by atoms with Crippen LogP contribution in [0.25, 0.3) is 0 Å². The Balaban J connectivity index is 0. The van der Waals surface area contributed by atoms with Crippen LogP contribution < -0.4 is 0 Å². The van der Waals surface area contributed by atoms with Crippen molar-refractivity contribution in [1.29, 1.82) is 0 Å². The van der Waals surface area contributed by atoms with Gasteiger partial charge in [-0.3, -0.25) is 9.59 Å². The van der Waals surface area contributed by atoms with Gasteiger partial charge in [0.15, 0.2) is 0 Å². The Morgan fingerprint density at radius 2 is 1.22 bits per heavy atom. The van der Waals surface area contributed by atoms with E-state index in [2.05, 4.69) is 4.31 Å². The highest BCUT2D eigenvalue weighted by atomic mass is 31.3. The van der Waals surface area contributed by atoms with Gasteiger partial charge in [0.05, 0.1) is 0 Å². The van der Waals surface area contributed by atoms with Crippen LogP contribution in [0.2, 0.25) is 0 Å². The minimum Gasteiger partial charge on any atom is -0.481 e. The third-order valence-corrected chi connectivity index (χ3v) is 2.46. The fourth-order valence-electron chi connectivity index (χ4n) is 0.352. The first-order chi connectivity index (χ1) is 7.74. The largest absolute Gasteiger partial charge is 0.481 e. The number of rotatable bonds is 5. The van der Waals surface area contributed by atoms with Crippen LogP contribution in [0.5, 0.6) is 0 Å². The van der Waals surface area contributed by atoms with E-state index in [1.807, 2.05) is 0 Å². The minimum absolute atomic E-state index is 0.949. The van der Waals surface area contributed by atoms with Gasteiger partial charge in [-0.05, 0) is 0 Å². The zero-order valence-corrected chi connectivity index (χ0v) is 10.0. The molecule has 0 amide bonds. The molecule has 18 heavy (non-hydrogen) atoms. The van der Waals surface area contributed by atoms with Crippen LogP contribution in [0, 0.1) is 0 Å². The van der Waals surface area contributed by atoms with E-state index < -0.39 is 39.8 Å². The van der Waals surface area contributed by atoms with Crippen molar-refractivity contribution in [2.75, 3.05) is 0 Å². The zero-order chi connectivity index (χ0) is 15.1. The van der Waals surface area contributed by atoms with Crippen LogP contribution in [-0.2, 0) is 27.8 Å². The van der Waals surface area contributed by atoms with Crippen LogP contribution in [0.4, 0.5) is 0 Å². The highest BCUT2D eigenvalue weighted by molar-refractivity contribution is 7.60. The summed E-state index contributed by atoms with van der Waals surface area (Å²) < 4.78 is 22.2. The number of carbonyl (C=O) groups excluding carboxylic acids is 1. The van der Waals surface area contributed by atoms with Crippen LogP contribution in [0.3, 0.4) is 0 Å². The lowest BCUT2D eigenvalue weighted by atomic mass is 10.3. The van der Waals surface area contributed by atoms with Gasteiger partial charge in [-0.2, -0.15) is 4.31 Å². The molecule has 0 rings (SSSR count). The molecule has 0 aliphatic heterocycles. The van der Waals surface area contributed by atoms with E-state index in [4.69, 9.17) is 29.8 Å². The molecule has 0 bridgehead atoms. The third-order valence-electron chi connectivity index (χ3n) is 0.763. The number of Topliss-reactive ketones (excluding diaryl/α,β-unsaturated/α-hetero) is 1. The maximum Gasteiger partial charge on any atom is 0.478 e. The van der Waals surface area contributed by atoms with Crippen molar-refractivity contribution in [3.63, 3.8) is 0 Å². The Morgan fingerprint density at radius 1 is 0.889 bits per heavy atom. The first kappa shape index (κ1) is 19.2. The van der Waals surface area contributed by atoms with Crippen LogP contribution in [-0.4, -0.2) is 47.5 Å². The van der Waals surface area contributed by atoms with E-state index >= 15 is 0 Å². The molecule has 0 aliphatic carbocycles. The van der Waals surface area contributed by atoms with Crippen molar-refractivity contribution in [3.05, 3.63) is 0 Å². The molecule has 0 aromatic rings. The van der Waals surface area contributed by atoms with E-state index in [0.717, 1.165) is 0 Å². The maximum absolute atomic E-state index is 9.97. The molecule has 0 heterocycles. The number of hydrogen-bond donors (Lipinski definition) is 6. The summed E-state index contributed by atoms with van der Waals surface area (Å²) in [6, 6.07) is 0. The second-order valence-electron chi connectivity index (χ2n) is 2.36. The standard InChI is InChI=1S/C4H4O5.H4O7P2/c5-2(4(8)9)1-3(6)7;1-8(2,3)7-9(4,5)6/h1H2,(H,6,7)(H,8,9);(H2,1,2,3)(H2,4,5,6). The van der Waals surface area contributed by atoms with E-state index in [-0.39, 0.29) is 0 Å². The maximum atomic E-state index is 9.97. The number of hydrogen-bond acceptors (Lipinski definition) is 6. The Labute approximate surface area is 98.3 Å². The summed E-state index contributed by atoms with van der Waals surface area (Å²) >= 11 is 0. The van der Waals surface area contributed by atoms with Gasteiger partial charge < -0.3 is 29.8 Å². The Morgan fingerprint density at radius 3 is 1.28 bits per heavy atom. The Bertz CT molecular complexity index is 392. The molecule has 0 fully saturated rings. The summed E-state index contributed by atoms with van der Waals surface area (Å²) in [5.41, 5.74) is 0. The first-order valence-corrected chi connectivity index (χ1v) is 6.61. The second-order valence-corrected chi connectivity index (χ2v) is 4.98. The van der Waals surface area contributed by atoms with Gasteiger partial charge >= 0.3 is 27.6 Å². The predicted octanol–water partition coefficient (Wildman–Crippen LogP) is -1.70. The van der Waals surface area contributed by atoms with Crippen molar-refractivity contribution in [3.8, 4) is 0 Å². The SMILES string of the molecule is O=C(O)CC(=O)C(=O)O.O=P(O)(O)OP(=O)(O)O. The summed E-state index contributed by atoms with van der Waals surface area (Å²) in [6.07, 6.45) is -0.949. The van der Waals surface area contributed by atoms with Crippen LogP contribution >= 0.6 is 15.6 Å². The first-order valence-electron chi connectivity index (χ1n) is 3.55. The lowest BCUT2D eigenvalue weighted by molar-refractivity contribution is -0.152. The molecule has 0 aromatic heterocycles. The van der Waals surface area contributed by atoms with Crippen molar-refractivity contribution < 1.29 is 57.6 Å². The van der Waals surface area contributed by atoms with Crippen molar-refractivity contribution >= 4 is 33.4 Å². The molecule has 12 nitrogen and oxygen atoms in total. The number of carboxylic acids is 2. The van der Waals surface area contributed by atoms with E-state index in [9.17, 15) is 23.5 Å². The van der Waals surface area contributed by atoms with Gasteiger partial charge in [-0.25, -0.2) is 13.9 Å². The molecule has 0 spiro atoms. The monoisotopic (exact) mass is 310 g/mol. The molecule has 0 radical (unpaired) electrons.